The van der Waals surface area contributed by atoms with Crippen molar-refractivity contribution in [2.75, 3.05) is 32.8 Å². The number of ether oxygens (including phenoxy) is 1. The minimum absolute atomic E-state index is 0. The van der Waals surface area contributed by atoms with Gasteiger partial charge in [0.05, 0.1) is 0 Å². The van der Waals surface area contributed by atoms with Crippen molar-refractivity contribution in [3.05, 3.63) is 48.0 Å². The Bertz CT molecular complexity index is 1120. The summed E-state index contributed by atoms with van der Waals surface area (Å²) in [5.41, 5.74) is -0.0482. The molecule has 0 spiro atoms. The summed E-state index contributed by atoms with van der Waals surface area (Å²) in [6.07, 6.45) is 2.45. The molecule has 1 heterocycles. The summed E-state index contributed by atoms with van der Waals surface area (Å²) in [5, 5.41) is 11.6. The Hall–Kier alpha value is -2.68. The number of fused-ring (bicyclic) bond motifs is 1. The number of nitrogens with zero attached hydrogens (tertiary/aromatic N) is 1. The van der Waals surface area contributed by atoms with Gasteiger partial charge in [0.25, 0.3) is 5.91 Å². The van der Waals surface area contributed by atoms with Crippen LogP contribution in [-0.4, -0.2) is 73.1 Å². The summed E-state index contributed by atoms with van der Waals surface area (Å²) < 4.78 is 5.66. The molecule has 2 atom stereocenters. The van der Waals surface area contributed by atoms with Crippen LogP contribution in [0.4, 0.5) is 0 Å². The number of halogens is 1. The molecular formula is C31H47ClN4O4. The Morgan fingerprint density at radius 2 is 1.80 bits per heavy atom. The number of carbonyl (C=O) groups excluding carboxylic acids is 3. The number of nitrogens with one attached hydrogen (secondary N) is 3. The summed E-state index contributed by atoms with van der Waals surface area (Å²) >= 11 is 0. The summed E-state index contributed by atoms with van der Waals surface area (Å²) in [6.45, 7) is 12.8. The Kier molecular flexibility index (Phi) is 13.4. The molecule has 0 aromatic heterocycles. The predicted octanol–water partition coefficient (Wildman–Crippen LogP) is 3.85. The van der Waals surface area contributed by atoms with Crippen molar-refractivity contribution in [1.29, 1.82) is 0 Å². The highest BCUT2D eigenvalue weighted by Crippen LogP contribution is 2.24. The Morgan fingerprint density at radius 1 is 1.07 bits per heavy atom. The number of benzene rings is 2. The van der Waals surface area contributed by atoms with E-state index >= 15 is 0 Å². The van der Waals surface area contributed by atoms with E-state index in [2.05, 4.69) is 35.9 Å². The van der Waals surface area contributed by atoms with Crippen molar-refractivity contribution in [3.63, 3.8) is 0 Å². The number of likely N-dealkylation sites (tertiary alicyclic amines) is 1. The molecule has 8 nitrogen and oxygen atoms in total. The second-order valence-corrected chi connectivity index (χ2v) is 11.3. The van der Waals surface area contributed by atoms with Crippen LogP contribution in [0.2, 0.25) is 0 Å². The van der Waals surface area contributed by atoms with Gasteiger partial charge in [-0.05, 0) is 75.4 Å². The van der Waals surface area contributed by atoms with Crippen LogP contribution >= 0.6 is 12.4 Å². The predicted molar refractivity (Wildman–Crippen MR) is 163 cm³/mol. The summed E-state index contributed by atoms with van der Waals surface area (Å²) in [7, 11) is 0. The molecule has 3 rings (SSSR count). The molecule has 0 saturated carbocycles. The van der Waals surface area contributed by atoms with Crippen molar-refractivity contribution in [1.82, 2.24) is 20.9 Å². The monoisotopic (exact) mass is 574 g/mol. The number of hydrogen-bond donors (Lipinski definition) is 3. The minimum Gasteiger partial charge on any atom is -0.366 e. The van der Waals surface area contributed by atoms with Crippen LogP contribution < -0.4 is 16.0 Å². The van der Waals surface area contributed by atoms with Gasteiger partial charge in [0.1, 0.15) is 17.7 Å². The first-order valence-corrected chi connectivity index (χ1v) is 14.3. The number of carbonyl (C=O) groups is 3. The third kappa shape index (κ3) is 9.46. The summed E-state index contributed by atoms with van der Waals surface area (Å²) in [4.78, 5) is 41.6. The van der Waals surface area contributed by atoms with Crippen molar-refractivity contribution in [2.24, 2.45) is 5.92 Å². The van der Waals surface area contributed by atoms with Crippen molar-refractivity contribution < 1.29 is 19.1 Å². The van der Waals surface area contributed by atoms with Gasteiger partial charge >= 0.3 is 0 Å². The number of hydrogen-bond acceptors (Lipinski definition) is 5. The van der Waals surface area contributed by atoms with Gasteiger partial charge in [-0.3, -0.25) is 14.4 Å². The first-order chi connectivity index (χ1) is 18.6. The van der Waals surface area contributed by atoms with Gasteiger partial charge in [0.2, 0.25) is 11.8 Å². The molecule has 1 fully saturated rings. The average Bonchev–Trinajstić information content (AvgIpc) is 3.39. The molecule has 1 saturated heterocycles. The lowest BCUT2D eigenvalue weighted by atomic mass is 10.0. The fourth-order valence-electron chi connectivity index (χ4n) is 5.07. The van der Waals surface area contributed by atoms with E-state index in [1.165, 1.54) is 0 Å². The Labute approximate surface area is 245 Å². The first kappa shape index (κ1) is 33.5. The fourth-order valence-corrected chi connectivity index (χ4v) is 5.07. The topological polar surface area (TPSA) is 99.8 Å². The number of rotatable bonds is 14. The molecule has 2 aromatic rings. The maximum atomic E-state index is 13.5. The quantitative estimate of drug-likeness (QED) is 0.298. The van der Waals surface area contributed by atoms with Crippen LogP contribution in [0.3, 0.4) is 0 Å². The normalized spacial score (nSPS) is 16.1. The molecule has 0 bridgehead atoms. The molecule has 9 heteroatoms. The van der Waals surface area contributed by atoms with Gasteiger partial charge in [-0.25, -0.2) is 0 Å². The van der Waals surface area contributed by atoms with Gasteiger partial charge in [-0.15, -0.1) is 12.4 Å². The van der Waals surface area contributed by atoms with Crippen LogP contribution in [-0.2, 0) is 25.5 Å². The smallest absolute Gasteiger partial charge is 0.254 e. The van der Waals surface area contributed by atoms with Gasteiger partial charge < -0.3 is 25.6 Å². The maximum absolute atomic E-state index is 13.5. The van der Waals surface area contributed by atoms with Crippen molar-refractivity contribution >= 4 is 40.9 Å². The van der Waals surface area contributed by atoms with Crippen LogP contribution in [0.25, 0.3) is 10.8 Å². The largest absolute Gasteiger partial charge is 0.366 e. The van der Waals surface area contributed by atoms with Crippen LogP contribution in [0.1, 0.15) is 59.4 Å². The SMILES string of the molecule is CCOC(C)(C)C(=O)N1CCCC1C(=O)N[C@H](Cc1ccc2ccccc2c1)C(=O)NCCCNCC(C)C.Cl. The molecule has 3 N–H and O–H groups in total. The van der Waals surface area contributed by atoms with E-state index in [0.717, 1.165) is 42.3 Å². The van der Waals surface area contributed by atoms with E-state index in [1.807, 2.05) is 43.3 Å². The lowest BCUT2D eigenvalue weighted by molar-refractivity contribution is -0.157. The highest BCUT2D eigenvalue weighted by molar-refractivity contribution is 5.94. The zero-order valence-corrected chi connectivity index (χ0v) is 25.4. The molecule has 1 unspecified atom stereocenters. The second-order valence-electron chi connectivity index (χ2n) is 11.3. The molecular weight excluding hydrogens is 528 g/mol. The highest BCUT2D eigenvalue weighted by atomic mass is 35.5. The van der Waals surface area contributed by atoms with Crippen molar-refractivity contribution in [3.8, 4) is 0 Å². The third-order valence-electron chi connectivity index (χ3n) is 7.11. The molecule has 0 aliphatic carbocycles. The molecule has 0 radical (unpaired) electrons. The molecule has 3 amide bonds. The molecule has 222 valence electrons. The summed E-state index contributed by atoms with van der Waals surface area (Å²) in [6, 6.07) is 12.8. The molecule has 40 heavy (non-hydrogen) atoms. The first-order valence-electron chi connectivity index (χ1n) is 14.3. The van der Waals surface area contributed by atoms with Gasteiger partial charge in [0.15, 0.2) is 0 Å². The second kappa shape index (κ2) is 15.9. The Balaban J connectivity index is 0.00000560. The van der Waals surface area contributed by atoms with E-state index < -0.39 is 17.7 Å². The fraction of sp³-hybridized carbons (Fsp3) is 0.581. The molecule has 1 aliphatic heterocycles. The molecule has 2 aromatic carbocycles. The Morgan fingerprint density at radius 3 is 2.50 bits per heavy atom. The van der Waals surface area contributed by atoms with Crippen LogP contribution in [0, 0.1) is 5.92 Å². The summed E-state index contributed by atoms with van der Waals surface area (Å²) in [5.74, 6) is -0.146. The third-order valence-corrected chi connectivity index (χ3v) is 7.11. The highest BCUT2D eigenvalue weighted by Gasteiger charge is 2.41. The lowest BCUT2D eigenvalue weighted by Crippen LogP contribution is -2.56. The van der Waals surface area contributed by atoms with Crippen molar-refractivity contribution in [2.45, 2.75) is 78.0 Å². The van der Waals surface area contributed by atoms with E-state index in [1.54, 1.807) is 18.7 Å². The van der Waals surface area contributed by atoms with E-state index in [-0.39, 0.29) is 30.1 Å². The zero-order chi connectivity index (χ0) is 28.4. The zero-order valence-electron chi connectivity index (χ0n) is 24.6. The number of amides is 3. The average molecular weight is 575 g/mol. The van der Waals surface area contributed by atoms with Gasteiger partial charge in [0, 0.05) is 26.1 Å². The standard InChI is InChI=1S/C31H46N4O4.ClH/c1-6-39-31(4,5)30(38)35-18-9-13-27(35)29(37)34-26(28(36)33-17-10-16-32-21-22(2)3)20-23-14-15-24-11-7-8-12-25(24)19-23;/h7-8,11-12,14-15,19,22,26-27,32H,6,9-10,13,16-18,20-21H2,1-5H3,(H,33,36)(H,34,37);1H/t26-,27?;/m1./s1. The maximum Gasteiger partial charge on any atom is 0.254 e. The minimum atomic E-state index is -1.01. The van der Waals surface area contributed by atoms with Gasteiger partial charge in [-0.1, -0.05) is 56.3 Å². The van der Waals surface area contributed by atoms with Gasteiger partial charge in [-0.2, -0.15) is 0 Å². The molecule has 1 aliphatic rings. The van der Waals surface area contributed by atoms with E-state index in [4.69, 9.17) is 4.74 Å². The van der Waals surface area contributed by atoms with Crippen LogP contribution in [0.15, 0.2) is 42.5 Å². The lowest BCUT2D eigenvalue weighted by Gasteiger charge is -2.33. The van der Waals surface area contributed by atoms with Crippen LogP contribution in [0.5, 0.6) is 0 Å². The van der Waals surface area contributed by atoms with E-state index in [0.29, 0.717) is 38.5 Å². The van der Waals surface area contributed by atoms with E-state index in [9.17, 15) is 14.4 Å².